The van der Waals surface area contributed by atoms with Gasteiger partial charge in [-0.2, -0.15) is 0 Å². The molecule has 4 nitrogen and oxygen atoms in total. The van der Waals surface area contributed by atoms with Gasteiger partial charge in [0.25, 0.3) is 5.91 Å². The summed E-state index contributed by atoms with van der Waals surface area (Å²) in [6.45, 7) is 0. The van der Waals surface area contributed by atoms with E-state index in [-0.39, 0.29) is 17.0 Å². The Labute approximate surface area is 146 Å². The molecule has 123 valence electrons. The zero-order valence-corrected chi connectivity index (χ0v) is 13.7. The smallest absolute Gasteiger partial charge is 0.338 e. The highest BCUT2D eigenvalue weighted by Crippen LogP contribution is 2.21. The molecule has 0 spiro atoms. The predicted molar refractivity (Wildman–Crippen MR) is 96.4 cm³/mol. The molecule has 0 bridgehead atoms. The highest BCUT2D eigenvalue weighted by molar-refractivity contribution is 6.11. The number of benzene rings is 3. The number of methoxy groups -OCH3 is 1. The minimum Gasteiger partial charge on any atom is -0.465 e. The van der Waals surface area contributed by atoms with Gasteiger partial charge in [0.2, 0.25) is 0 Å². The third-order valence-electron chi connectivity index (χ3n) is 3.77. The SMILES string of the molecule is COC(=O)c1ccccc1C(=O)Nc1ccc(-c2cc[c]cc2)cc1. The van der Waals surface area contributed by atoms with E-state index in [2.05, 4.69) is 11.4 Å². The summed E-state index contributed by atoms with van der Waals surface area (Å²) < 4.78 is 4.72. The fourth-order valence-electron chi connectivity index (χ4n) is 2.49. The molecule has 3 aromatic rings. The fraction of sp³-hybridized carbons (Fsp3) is 0.0476. The van der Waals surface area contributed by atoms with Crippen LogP contribution in [0.1, 0.15) is 20.7 Å². The fourth-order valence-corrected chi connectivity index (χ4v) is 2.49. The maximum Gasteiger partial charge on any atom is 0.338 e. The monoisotopic (exact) mass is 330 g/mol. The summed E-state index contributed by atoms with van der Waals surface area (Å²) in [5, 5.41) is 2.80. The van der Waals surface area contributed by atoms with E-state index in [1.807, 2.05) is 48.5 Å². The van der Waals surface area contributed by atoms with E-state index in [0.29, 0.717) is 5.69 Å². The van der Waals surface area contributed by atoms with Crippen LogP contribution in [0.25, 0.3) is 11.1 Å². The van der Waals surface area contributed by atoms with Crippen LogP contribution in [0.5, 0.6) is 0 Å². The van der Waals surface area contributed by atoms with Crippen LogP contribution in [-0.2, 0) is 4.74 Å². The predicted octanol–water partition coefficient (Wildman–Crippen LogP) is 4.19. The molecule has 1 radical (unpaired) electrons. The van der Waals surface area contributed by atoms with E-state index in [1.54, 1.807) is 24.3 Å². The number of hydrogen-bond donors (Lipinski definition) is 1. The Morgan fingerprint density at radius 3 is 2.08 bits per heavy atom. The van der Waals surface area contributed by atoms with Crippen molar-refractivity contribution in [2.45, 2.75) is 0 Å². The van der Waals surface area contributed by atoms with Gasteiger partial charge in [0, 0.05) is 5.69 Å². The first-order chi connectivity index (χ1) is 12.2. The molecule has 0 atom stereocenters. The summed E-state index contributed by atoms with van der Waals surface area (Å²) in [7, 11) is 1.29. The normalized spacial score (nSPS) is 10.1. The Morgan fingerprint density at radius 2 is 1.44 bits per heavy atom. The lowest BCUT2D eigenvalue weighted by Gasteiger charge is -2.09. The van der Waals surface area contributed by atoms with Gasteiger partial charge in [-0.1, -0.05) is 48.5 Å². The van der Waals surface area contributed by atoms with Crippen molar-refractivity contribution in [1.82, 2.24) is 0 Å². The van der Waals surface area contributed by atoms with E-state index in [9.17, 15) is 9.59 Å². The molecule has 3 aromatic carbocycles. The molecule has 0 aliphatic heterocycles. The molecule has 0 fully saturated rings. The molecule has 25 heavy (non-hydrogen) atoms. The standard InChI is InChI=1S/C21H16NO3/c1-25-21(24)19-10-6-5-9-18(19)20(23)22-17-13-11-16(12-14-17)15-7-3-2-4-8-15/h3-14H,1H3,(H,22,23). The highest BCUT2D eigenvalue weighted by Gasteiger charge is 2.17. The van der Waals surface area contributed by atoms with Gasteiger partial charge in [-0.05, 0) is 41.5 Å². The average Bonchev–Trinajstić information content (AvgIpc) is 2.68. The van der Waals surface area contributed by atoms with Gasteiger partial charge in [-0.15, -0.1) is 0 Å². The molecular formula is C21H16NO3. The maximum atomic E-state index is 12.5. The van der Waals surface area contributed by atoms with Gasteiger partial charge in [0.1, 0.15) is 0 Å². The summed E-state index contributed by atoms with van der Waals surface area (Å²) in [5.74, 6) is -0.898. The first kappa shape index (κ1) is 16.5. The number of nitrogens with one attached hydrogen (secondary N) is 1. The Morgan fingerprint density at radius 1 is 0.840 bits per heavy atom. The number of anilines is 1. The third-order valence-corrected chi connectivity index (χ3v) is 3.77. The van der Waals surface area contributed by atoms with Gasteiger partial charge in [0.05, 0.1) is 18.2 Å². The molecule has 0 heterocycles. The highest BCUT2D eigenvalue weighted by atomic mass is 16.5. The van der Waals surface area contributed by atoms with Crippen LogP contribution in [0.15, 0.2) is 72.8 Å². The van der Waals surface area contributed by atoms with Crippen molar-refractivity contribution in [2.75, 3.05) is 12.4 Å². The van der Waals surface area contributed by atoms with Gasteiger partial charge < -0.3 is 10.1 Å². The van der Waals surface area contributed by atoms with E-state index >= 15 is 0 Å². The molecule has 4 heteroatoms. The summed E-state index contributed by atoms with van der Waals surface area (Å²) in [4.78, 5) is 24.3. The Kier molecular flexibility index (Phi) is 4.90. The number of rotatable bonds is 4. The first-order valence-electron chi connectivity index (χ1n) is 7.74. The minimum absolute atomic E-state index is 0.236. The Bertz CT molecular complexity index is 887. The van der Waals surface area contributed by atoms with Crippen LogP contribution in [0, 0.1) is 6.07 Å². The number of ether oxygens (including phenoxy) is 1. The van der Waals surface area contributed by atoms with Crippen molar-refractivity contribution in [3.8, 4) is 11.1 Å². The summed E-state index contributed by atoms with van der Waals surface area (Å²) in [5.41, 5.74) is 3.28. The molecular weight excluding hydrogens is 314 g/mol. The first-order valence-corrected chi connectivity index (χ1v) is 7.74. The second kappa shape index (κ2) is 7.45. The lowest BCUT2D eigenvalue weighted by molar-refractivity contribution is 0.0597. The number of hydrogen-bond acceptors (Lipinski definition) is 3. The molecule has 1 amide bonds. The number of carbonyl (C=O) groups is 2. The van der Waals surface area contributed by atoms with Gasteiger partial charge in [-0.3, -0.25) is 4.79 Å². The number of carbonyl (C=O) groups excluding carboxylic acids is 2. The van der Waals surface area contributed by atoms with Crippen LogP contribution in [-0.4, -0.2) is 19.0 Å². The Balaban J connectivity index is 1.79. The molecule has 0 saturated heterocycles. The summed E-state index contributed by atoms with van der Waals surface area (Å²) in [6, 6.07) is 24.7. The third kappa shape index (κ3) is 3.75. The topological polar surface area (TPSA) is 55.4 Å². The molecule has 0 aliphatic rings. The zero-order valence-electron chi connectivity index (χ0n) is 13.7. The minimum atomic E-state index is -0.540. The van der Waals surface area contributed by atoms with E-state index < -0.39 is 5.97 Å². The molecule has 1 N–H and O–H groups in total. The second-order valence-electron chi connectivity index (χ2n) is 5.36. The quantitative estimate of drug-likeness (QED) is 0.730. The molecule has 3 rings (SSSR count). The molecule has 0 unspecified atom stereocenters. The van der Waals surface area contributed by atoms with E-state index in [0.717, 1.165) is 11.1 Å². The zero-order chi connectivity index (χ0) is 17.6. The summed E-state index contributed by atoms with van der Waals surface area (Å²) >= 11 is 0. The van der Waals surface area contributed by atoms with Crippen molar-refractivity contribution >= 4 is 17.6 Å². The van der Waals surface area contributed by atoms with Crippen molar-refractivity contribution in [2.24, 2.45) is 0 Å². The maximum absolute atomic E-state index is 12.5. The van der Waals surface area contributed by atoms with Crippen LogP contribution in [0.3, 0.4) is 0 Å². The number of amides is 1. The van der Waals surface area contributed by atoms with E-state index in [4.69, 9.17) is 4.74 Å². The van der Waals surface area contributed by atoms with Crippen LogP contribution < -0.4 is 5.32 Å². The Hall–Kier alpha value is -3.40. The van der Waals surface area contributed by atoms with Crippen LogP contribution >= 0.6 is 0 Å². The number of esters is 1. The van der Waals surface area contributed by atoms with Gasteiger partial charge >= 0.3 is 5.97 Å². The lowest BCUT2D eigenvalue weighted by Crippen LogP contribution is -2.17. The van der Waals surface area contributed by atoms with Crippen LogP contribution in [0.2, 0.25) is 0 Å². The second-order valence-corrected chi connectivity index (χ2v) is 5.36. The summed E-state index contributed by atoms with van der Waals surface area (Å²) in [6.07, 6.45) is 0. The van der Waals surface area contributed by atoms with Crippen molar-refractivity contribution < 1.29 is 14.3 Å². The molecule has 0 aromatic heterocycles. The van der Waals surface area contributed by atoms with Gasteiger partial charge in [0.15, 0.2) is 0 Å². The average molecular weight is 330 g/mol. The van der Waals surface area contributed by atoms with Crippen molar-refractivity contribution in [1.29, 1.82) is 0 Å². The molecule has 0 saturated carbocycles. The van der Waals surface area contributed by atoms with Crippen LogP contribution in [0.4, 0.5) is 5.69 Å². The lowest BCUT2D eigenvalue weighted by atomic mass is 10.0. The van der Waals surface area contributed by atoms with Crippen molar-refractivity contribution in [3.63, 3.8) is 0 Å². The van der Waals surface area contributed by atoms with E-state index in [1.165, 1.54) is 7.11 Å². The van der Waals surface area contributed by atoms with Crippen molar-refractivity contribution in [3.05, 3.63) is 90.0 Å². The largest absolute Gasteiger partial charge is 0.465 e. The van der Waals surface area contributed by atoms with Gasteiger partial charge in [-0.25, -0.2) is 4.79 Å². The molecule has 0 aliphatic carbocycles.